The molecule has 37 heavy (non-hydrogen) atoms. The van der Waals surface area contributed by atoms with Crippen LogP contribution in [0.4, 0.5) is 24.3 Å². The first-order chi connectivity index (χ1) is 17.6. The molecule has 0 saturated carbocycles. The second-order valence-corrected chi connectivity index (χ2v) is 9.99. The van der Waals surface area contributed by atoms with E-state index in [0.29, 0.717) is 58.3 Å². The van der Waals surface area contributed by atoms with Crippen LogP contribution in [0.2, 0.25) is 0 Å². The minimum Gasteiger partial charge on any atom is -0.393 e. The van der Waals surface area contributed by atoms with Crippen molar-refractivity contribution in [3.05, 3.63) is 47.5 Å². The van der Waals surface area contributed by atoms with Crippen molar-refractivity contribution >= 4 is 49.6 Å². The summed E-state index contributed by atoms with van der Waals surface area (Å²) in [4.78, 5) is 23.0. The average Bonchev–Trinajstić information content (AvgIpc) is 3.41. The van der Waals surface area contributed by atoms with Crippen molar-refractivity contribution in [2.24, 2.45) is 7.05 Å². The summed E-state index contributed by atoms with van der Waals surface area (Å²) in [5, 5.41) is 26.5. The van der Waals surface area contributed by atoms with Gasteiger partial charge in [0.05, 0.1) is 39.5 Å². The molecule has 1 fully saturated rings. The van der Waals surface area contributed by atoms with Gasteiger partial charge in [-0.25, -0.2) is 9.97 Å². The number of benzene rings is 2. The molecule has 196 valence electrons. The predicted molar refractivity (Wildman–Crippen MR) is 133 cm³/mol. The average molecular weight is 535 g/mol. The molecule has 4 aromatic rings. The van der Waals surface area contributed by atoms with E-state index in [1.165, 1.54) is 6.07 Å². The Balaban J connectivity index is 1.28. The molecule has 2 aromatic heterocycles. The number of carbonyl (C=O) groups excluding carboxylic acids is 1. The van der Waals surface area contributed by atoms with Gasteiger partial charge in [-0.1, -0.05) is 17.4 Å². The number of thiazole rings is 1. The summed E-state index contributed by atoms with van der Waals surface area (Å²) in [5.41, 5.74) is 1.60. The number of hydrogen-bond donors (Lipinski definition) is 4. The van der Waals surface area contributed by atoms with Crippen molar-refractivity contribution in [3.63, 3.8) is 0 Å². The molecule has 1 saturated heterocycles. The number of imidazole rings is 1. The van der Waals surface area contributed by atoms with Crippen molar-refractivity contribution in [1.82, 2.24) is 24.8 Å². The number of nitrogens with one attached hydrogen (secondary N) is 2. The molecule has 1 amide bonds. The lowest BCUT2D eigenvalue weighted by molar-refractivity contribution is -0.137. The third-order valence-corrected chi connectivity index (χ3v) is 7.35. The Hall–Kier alpha value is -3.26. The van der Waals surface area contributed by atoms with Gasteiger partial charge in [0.15, 0.2) is 5.13 Å². The summed E-state index contributed by atoms with van der Waals surface area (Å²) in [6.45, 7) is 0.940. The first-order valence-corrected chi connectivity index (χ1v) is 12.5. The van der Waals surface area contributed by atoms with Gasteiger partial charge in [0.2, 0.25) is 11.9 Å². The SMILES string of the molecule is Cn1c(Nc2nc3ccc(C(F)(F)F)cc3s2)nc2cc(C(O)NCC(=O)N3CCC(O)CC3)ccc21. The van der Waals surface area contributed by atoms with E-state index in [1.54, 1.807) is 34.7 Å². The molecule has 1 aliphatic rings. The van der Waals surface area contributed by atoms with E-state index >= 15 is 0 Å². The van der Waals surface area contributed by atoms with E-state index in [2.05, 4.69) is 20.6 Å². The standard InChI is InChI=1S/C24H25F3N6O3S/c1-32-18-5-2-13(21(36)28-12-20(35)33-8-6-15(34)7-9-33)10-17(18)29-22(32)31-23-30-16-4-3-14(24(25,26)27)11-19(16)37-23/h2-5,10-11,15,21,28,34,36H,6-9,12H2,1H3,(H,29,30,31). The topological polar surface area (TPSA) is 116 Å². The van der Waals surface area contributed by atoms with Crippen LogP contribution in [0.3, 0.4) is 0 Å². The van der Waals surface area contributed by atoms with Gasteiger partial charge in [0, 0.05) is 20.1 Å². The Bertz CT molecular complexity index is 1450. The Labute approximate surface area is 213 Å². The molecule has 2 aromatic carbocycles. The third kappa shape index (κ3) is 5.39. The van der Waals surface area contributed by atoms with Crippen LogP contribution in [-0.4, -0.2) is 61.3 Å². The Morgan fingerprint density at radius 2 is 1.92 bits per heavy atom. The number of fused-ring (bicyclic) bond motifs is 2. The highest BCUT2D eigenvalue weighted by Crippen LogP contribution is 2.35. The Kier molecular flexibility index (Phi) is 6.79. The van der Waals surface area contributed by atoms with E-state index in [1.807, 2.05) is 0 Å². The summed E-state index contributed by atoms with van der Waals surface area (Å²) in [5.74, 6) is 0.293. The van der Waals surface area contributed by atoms with Crippen LogP contribution in [0, 0.1) is 0 Å². The van der Waals surface area contributed by atoms with Gasteiger partial charge in [0.1, 0.15) is 6.23 Å². The van der Waals surface area contributed by atoms with Crippen molar-refractivity contribution in [2.75, 3.05) is 25.0 Å². The molecular weight excluding hydrogens is 509 g/mol. The summed E-state index contributed by atoms with van der Waals surface area (Å²) < 4.78 is 41.2. The van der Waals surface area contributed by atoms with Gasteiger partial charge in [-0.2, -0.15) is 13.2 Å². The summed E-state index contributed by atoms with van der Waals surface area (Å²) in [6, 6.07) is 8.64. The zero-order valence-electron chi connectivity index (χ0n) is 19.8. The first-order valence-electron chi connectivity index (χ1n) is 11.7. The molecular formula is C24H25F3N6O3S. The molecule has 4 N–H and O–H groups in total. The van der Waals surface area contributed by atoms with E-state index in [0.717, 1.165) is 29.0 Å². The highest BCUT2D eigenvalue weighted by atomic mass is 32.1. The predicted octanol–water partition coefficient (Wildman–Crippen LogP) is 3.51. The second-order valence-electron chi connectivity index (χ2n) is 8.96. The lowest BCUT2D eigenvalue weighted by Crippen LogP contribution is -2.44. The number of likely N-dealkylation sites (tertiary alicyclic amines) is 1. The zero-order valence-corrected chi connectivity index (χ0v) is 20.6. The molecule has 0 radical (unpaired) electrons. The van der Waals surface area contributed by atoms with Crippen molar-refractivity contribution < 1.29 is 28.2 Å². The Morgan fingerprint density at radius 3 is 2.65 bits per heavy atom. The number of aliphatic hydroxyl groups excluding tert-OH is 2. The van der Waals surface area contributed by atoms with Gasteiger partial charge in [-0.15, -0.1) is 0 Å². The first kappa shape index (κ1) is 25.4. The van der Waals surface area contributed by atoms with Crippen LogP contribution in [0.5, 0.6) is 0 Å². The second kappa shape index (κ2) is 9.89. The van der Waals surface area contributed by atoms with Gasteiger partial charge in [-0.3, -0.25) is 10.1 Å². The maximum absolute atomic E-state index is 13.0. The molecule has 1 atom stereocenters. The number of anilines is 2. The molecule has 0 aliphatic carbocycles. The van der Waals surface area contributed by atoms with Crippen molar-refractivity contribution in [2.45, 2.75) is 31.3 Å². The van der Waals surface area contributed by atoms with Gasteiger partial charge in [0.25, 0.3) is 0 Å². The highest BCUT2D eigenvalue weighted by Gasteiger charge is 2.31. The number of aromatic nitrogens is 3. The fourth-order valence-corrected chi connectivity index (χ4v) is 5.18. The zero-order chi connectivity index (χ0) is 26.3. The van der Waals surface area contributed by atoms with Crippen molar-refractivity contribution in [3.8, 4) is 0 Å². The van der Waals surface area contributed by atoms with Gasteiger partial charge >= 0.3 is 6.18 Å². The lowest BCUT2D eigenvalue weighted by atomic mass is 10.1. The van der Waals surface area contributed by atoms with Crippen LogP contribution >= 0.6 is 11.3 Å². The van der Waals surface area contributed by atoms with E-state index in [9.17, 15) is 28.2 Å². The fourth-order valence-electron chi connectivity index (χ4n) is 4.28. The van der Waals surface area contributed by atoms with E-state index in [4.69, 9.17) is 0 Å². The van der Waals surface area contributed by atoms with Crippen LogP contribution in [0.15, 0.2) is 36.4 Å². The maximum atomic E-state index is 13.0. The van der Waals surface area contributed by atoms with Gasteiger partial charge < -0.3 is 25.0 Å². The number of alkyl halides is 3. The summed E-state index contributed by atoms with van der Waals surface area (Å²) >= 11 is 1.09. The number of hydrogen-bond acceptors (Lipinski definition) is 8. The van der Waals surface area contributed by atoms with Crippen LogP contribution < -0.4 is 10.6 Å². The Morgan fingerprint density at radius 1 is 1.16 bits per heavy atom. The number of carbonyl (C=O) groups is 1. The number of nitrogens with zero attached hydrogens (tertiary/aromatic N) is 4. The molecule has 5 rings (SSSR count). The maximum Gasteiger partial charge on any atom is 0.416 e. The smallest absolute Gasteiger partial charge is 0.393 e. The monoisotopic (exact) mass is 534 g/mol. The fraction of sp³-hybridized carbons (Fsp3) is 0.375. The number of aryl methyl sites for hydroxylation is 1. The van der Waals surface area contributed by atoms with E-state index in [-0.39, 0.29) is 18.6 Å². The summed E-state index contributed by atoms with van der Waals surface area (Å²) in [6.07, 6.45) is -4.79. The number of amides is 1. The molecule has 13 heteroatoms. The molecule has 0 spiro atoms. The number of rotatable bonds is 6. The van der Waals surface area contributed by atoms with Crippen molar-refractivity contribution in [1.29, 1.82) is 0 Å². The normalized spacial score (nSPS) is 16.0. The molecule has 9 nitrogen and oxygen atoms in total. The largest absolute Gasteiger partial charge is 0.416 e. The lowest BCUT2D eigenvalue weighted by Gasteiger charge is -2.30. The third-order valence-electron chi connectivity index (χ3n) is 6.42. The van der Waals surface area contributed by atoms with Gasteiger partial charge in [-0.05, 0) is 48.7 Å². The number of aliphatic hydroxyl groups is 2. The number of piperidine rings is 1. The molecule has 3 heterocycles. The summed E-state index contributed by atoms with van der Waals surface area (Å²) in [7, 11) is 1.79. The highest BCUT2D eigenvalue weighted by molar-refractivity contribution is 7.22. The van der Waals surface area contributed by atoms with Crippen LogP contribution in [0.25, 0.3) is 21.3 Å². The molecule has 0 bridgehead atoms. The molecule has 1 aliphatic heterocycles. The minimum absolute atomic E-state index is 0.0437. The van der Waals surface area contributed by atoms with Crippen LogP contribution in [0.1, 0.15) is 30.2 Å². The quantitative estimate of drug-likeness (QED) is 0.280. The minimum atomic E-state index is -4.43. The van der Waals surface area contributed by atoms with E-state index < -0.39 is 18.0 Å². The van der Waals surface area contributed by atoms with Crippen LogP contribution in [-0.2, 0) is 18.0 Å². The number of halogens is 3. The molecule has 1 unspecified atom stereocenters.